The van der Waals surface area contributed by atoms with Gasteiger partial charge in [-0.25, -0.2) is 8.42 Å². The second kappa shape index (κ2) is 10.1. The van der Waals surface area contributed by atoms with Crippen molar-refractivity contribution in [3.05, 3.63) is 66.5 Å². The molecule has 0 spiro atoms. The van der Waals surface area contributed by atoms with Gasteiger partial charge in [0.2, 0.25) is 0 Å². The zero-order chi connectivity index (χ0) is 24.1. The summed E-state index contributed by atoms with van der Waals surface area (Å²) in [5.41, 5.74) is 0.559. The zero-order valence-corrected chi connectivity index (χ0v) is 19.1. The van der Waals surface area contributed by atoms with Crippen LogP contribution in [0.1, 0.15) is 17.3 Å². The fourth-order valence-corrected chi connectivity index (χ4v) is 4.01. The summed E-state index contributed by atoms with van der Waals surface area (Å²) in [6.07, 6.45) is 2.65. The first-order valence-electron chi connectivity index (χ1n) is 9.41. The number of amides is 1. The second-order valence-corrected chi connectivity index (χ2v) is 8.80. The fraction of sp³-hybridized carbons (Fsp3) is 0.150. The molecule has 0 aliphatic rings. The number of hydrogen-bond donors (Lipinski definition) is 2. The Kier molecular flexibility index (Phi) is 7.39. The molecule has 0 saturated heterocycles. The molecule has 33 heavy (non-hydrogen) atoms. The zero-order valence-electron chi connectivity index (χ0n) is 17.2. The van der Waals surface area contributed by atoms with Gasteiger partial charge in [-0.05, 0) is 46.5 Å². The highest BCUT2D eigenvalue weighted by atomic mass is 32.2. The summed E-state index contributed by atoms with van der Waals surface area (Å²) >= 11 is 0. The Labute approximate surface area is 190 Å². The smallest absolute Gasteiger partial charge is 0.408 e. The molecule has 13 heteroatoms. The fourth-order valence-electron chi connectivity index (χ4n) is 2.69. The predicted molar refractivity (Wildman–Crippen MR) is 120 cm³/mol. The Balaban J connectivity index is 1.85. The summed E-state index contributed by atoms with van der Waals surface area (Å²) < 4.78 is 64.3. The number of rotatable bonds is 9. The average Bonchev–Trinajstić information content (AvgIpc) is 2.73. The van der Waals surface area contributed by atoms with Gasteiger partial charge in [0, 0.05) is 17.8 Å². The number of nitrogens with zero attached hydrogens (tertiary/aromatic N) is 2. The first-order chi connectivity index (χ1) is 15.6. The van der Waals surface area contributed by atoms with Gasteiger partial charge in [-0.2, -0.15) is 19.0 Å². The van der Waals surface area contributed by atoms with E-state index in [1.54, 1.807) is 6.92 Å². The van der Waals surface area contributed by atoms with Crippen LogP contribution < -0.4 is 19.5 Å². The molecular formula is C20H19F2N4O5PS. The number of benzene rings is 2. The van der Waals surface area contributed by atoms with Gasteiger partial charge in [0.1, 0.15) is 16.4 Å². The summed E-state index contributed by atoms with van der Waals surface area (Å²) in [7, 11) is -2.95. The first-order valence-corrected chi connectivity index (χ1v) is 11.5. The minimum absolute atomic E-state index is 0.00626. The molecule has 0 aliphatic carbocycles. The largest absolute Gasteiger partial charge is 0.492 e. The number of sulfonamides is 1. The maximum atomic E-state index is 13.1. The van der Waals surface area contributed by atoms with E-state index < -0.39 is 21.8 Å². The van der Waals surface area contributed by atoms with Crippen LogP contribution >= 0.6 is 9.24 Å². The SMILES string of the molecule is CCOc1cc(NC(=O)c2ccnnc2)ccc1S(=O)(=O)Nc1cccc(OC(F)(F)P)c1. The number of carbonyl (C=O) groups excluding carboxylic acids is 1. The lowest BCUT2D eigenvalue weighted by atomic mass is 10.2. The number of hydrogen-bond acceptors (Lipinski definition) is 7. The van der Waals surface area contributed by atoms with Crippen LogP contribution in [0.25, 0.3) is 0 Å². The molecule has 1 amide bonds. The van der Waals surface area contributed by atoms with E-state index >= 15 is 0 Å². The van der Waals surface area contributed by atoms with Crippen molar-refractivity contribution >= 4 is 36.5 Å². The van der Waals surface area contributed by atoms with E-state index in [1.165, 1.54) is 64.1 Å². The van der Waals surface area contributed by atoms with Crippen LogP contribution in [0.4, 0.5) is 20.2 Å². The highest BCUT2D eigenvalue weighted by molar-refractivity contribution is 7.92. The van der Waals surface area contributed by atoms with Crippen molar-refractivity contribution in [2.75, 3.05) is 16.6 Å². The van der Waals surface area contributed by atoms with Crippen molar-refractivity contribution < 1.29 is 31.5 Å². The quantitative estimate of drug-likeness (QED) is 0.433. The molecule has 1 heterocycles. The molecule has 1 unspecified atom stereocenters. The minimum atomic E-state index is -4.18. The van der Waals surface area contributed by atoms with Gasteiger partial charge < -0.3 is 14.8 Å². The van der Waals surface area contributed by atoms with Crippen molar-refractivity contribution in [1.82, 2.24) is 10.2 Å². The van der Waals surface area contributed by atoms with Crippen molar-refractivity contribution in [3.8, 4) is 11.5 Å². The Morgan fingerprint density at radius 1 is 1.12 bits per heavy atom. The highest BCUT2D eigenvalue weighted by Crippen LogP contribution is 2.32. The topological polar surface area (TPSA) is 120 Å². The van der Waals surface area contributed by atoms with Gasteiger partial charge in [-0.1, -0.05) is 6.07 Å². The average molecular weight is 496 g/mol. The van der Waals surface area contributed by atoms with Crippen LogP contribution in [0.3, 0.4) is 0 Å². The second-order valence-electron chi connectivity index (χ2n) is 6.48. The van der Waals surface area contributed by atoms with E-state index in [0.29, 0.717) is 0 Å². The summed E-state index contributed by atoms with van der Waals surface area (Å²) in [5.74, 6) is -4.22. The van der Waals surface area contributed by atoms with Crippen molar-refractivity contribution in [2.24, 2.45) is 0 Å². The highest BCUT2D eigenvalue weighted by Gasteiger charge is 2.24. The molecule has 0 fully saturated rings. The molecule has 174 valence electrons. The molecule has 2 aromatic carbocycles. The van der Waals surface area contributed by atoms with Crippen molar-refractivity contribution in [3.63, 3.8) is 0 Å². The van der Waals surface area contributed by atoms with Gasteiger partial charge in [-0.3, -0.25) is 9.52 Å². The van der Waals surface area contributed by atoms with E-state index in [4.69, 9.17) is 4.74 Å². The van der Waals surface area contributed by atoms with E-state index in [0.717, 1.165) is 6.07 Å². The molecule has 3 aromatic rings. The molecule has 0 bridgehead atoms. The maximum absolute atomic E-state index is 13.1. The van der Waals surface area contributed by atoms with Crippen LogP contribution in [0.5, 0.6) is 11.5 Å². The number of anilines is 2. The molecule has 2 N–H and O–H groups in total. The standard InChI is InChI=1S/C20H19F2N4O5PS/c1-2-30-17-11-14(25-19(27)13-8-9-23-24-12-13)6-7-18(17)33(28,29)26-15-4-3-5-16(10-15)31-20(21,22)32/h3-12,26H,2,32H2,1H3,(H,25,27). The number of carbonyl (C=O) groups is 1. The predicted octanol–water partition coefficient (Wildman–Crippen LogP) is 3.73. The number of alkyl halides is 2. The third-order valence-electron chi connectivity index (χ3n) is 3.98. The van der Waals surface area contributed by atoms with Gasteiger partial charge in [0.15, 0.2) is 0 Å². The lowest BCUT2D eigenvalue weighted by molar-refractivity contribution is -0.0891. The summed E-state index contributed by atoms with van der Waals surface area (Å²) in [6.45, 7) is 1.82. The maximum Gasteiger partial charge on any atom is 0.408 e. The van der Waals surface area contributed by atoms with Crippen LogP contribution in [-0.4, -0.2) is 37.0 Å². The molecule has 1 atom stereocenters. The van der Waals surface area contributed by atoms with Crippen molar-refractivity contribution in [2.45, 2.75) is 17.7 Å². The lowest BCUT2D eigenvalue weighted by Crippen LogP contribution is -2.17. The third-order valence-corrected chi connectivity index (χ3v) is 5.52. The summed E-state index contributed by atoms with van der Waals surface area (Å²) in [5, 5.41) is 9.85. The molecule has 3 rings (SSSR count). The molecule has 0 saturated carbocycles. The van der Waals surface area contributed by atoms with Crippen LogP contribution in [0, 0.1) is 0 Å². The lowest BCUT2D eigenvalue weighted by Gasteiger charge is -2.16. The molecule has 9 nitrogen and oxygen atoms in total. The van der Waals surface area contributed by atoms with Gasteiger partial charge in [0.05, 0.1) is 30.3 Å². The molecule has 1 aromatic heterocycles. The first kappa shape index (κ1) is 24.3. The number of halogens is 2. The van der Waals surface area contributed by atoms with Gasteiger partial charge in [0.25, 0.3) is 15.9 Å². The van der Waals surface area contributed by atoms with Crippen molar-refractivity contribution in [1.29, 1.82) is 0 Å². The van der Waals surface area contributed by atoms with E-state index in [2.05, 4.69) is 25.0 Å². The third kappa shape index (κ3) is 6.80. The van der Waals surface area contributed by atoms with Crippen LogP contribution in [-0.2, 0) is 10.0 Å². The Hall–Kier alpha value is -3.37. The van der Waals surface area contributed by atoms with Gasteiger partial charge in [-0.15, -0.1) is 0 Å². The Morgan fingerprint density at radius 3 is 2.58 bits per heavy atom. The number of ether oxygens (including phenoxy) is 2. The van der Waals surface area contributed by atoms with E-state index in [-0.39, 0.29) is 39.9 Å². The molecule has 0 radical (unpaired) electrons. The summed E-state index contributed by atoms with van der Waals surface area (Å²) in [4.78, 5) is 12.1. The number of nitrogens with one attached hydrogen (secondary N) is 2. The monoisotopic (exact) mass is 496 g/mol. The summed E-state index contributed by atoms with van der Waals surface area (Å²) in [6, 6.07) is 10.6. The number of aromatic nitrogens is 2. The molecular weight excluding hydrogens is 477 g/mol. The van der Waals surface area contributed by atoms with Crippen LogP contribution in [0.15, 0.2) is 65.8 Å². The van der Waals surface area contributed by atoms with E-state index in [1.807, 2.05) is 0 Å². The van der Waals surface area contributed by atoms with E-state index in [9.17, 15) is 22.0 Å². The Bertz CT molecular complexity index is 1240. The minimum Gasteiger partial charge on any atom is -0.492 e. The molecule has 0 aliphatic heterocycles. The van der Waals surface area contributed by atoms with Crippen LogP contribution in [0.2, 0.25) is 0 Å². The normalized spacial score (nSPS) is 11.5. The van der Waals surface area contributed by atoms with Gasteiger partial charge >= 0.3 is 5.85 Å². The Morgan fingerprint density at radius 2 is 1.91 bits per heavy atom.